The lowest BCUT2D eigenvalue weighted by molar-refractivity contribution is -0.148. The van der Waals surface area contributed by atoms with Gasteiger partial charge in [0.25, 0.3) is 5.91 Å². The molecule has 36 heavy (non-hydrogen) atoms. The van der Waals surface area contributed by atoms with Crippen LogP contribution >= 0.6 is 11.3 Å². The number of thiazole rings is 1. The molecule has 1 amide bonds. The summed E-state index contributed by atoms with van der Waals surface area (Å²) < 4.78 is 53.7. The molecule has 0 aliphatic heterocycles. The first-order chi connectivity index (χ1) is 17.1. The monoisotopic (exact) mass is 524 g/mol. The van der Waals surface area contributed by atoms with Gasteiger partial charge in [0.2, 0.25) is 0 Å². The van der Waals surface area contributed by atoms with Crippen LogP contribution in [-0.2, 0) is 22.3 Å². The van der Waals surface area contributed by atoms with Crippen molar-refractivity contribution < 1.29 is 32.2 Å². The molecule has 0 aliphatic rings. The van der Waals surface area contributed by atoms with Gasteiger partial charge in [-0.3, -0.25) is 14.6 Å². The van der Waals surface area contributed by atoms with Gasteiger partial charge in [-0.05, 0) is 44.7 Å². The Kier molecular flexibility index (Phi) is 9.21. The molecule has 2 aromatic heterocycles. The number of carbonyl (C=O) groups excluding carboxylic acids is 2. The summed E-state index contributed by atoms with van der Waals surface area (Å²) >= 11 is 1.25. The number of alkyl halides is 3. The minimum absolute atomic E-state index is 0.00401. The van der Waals surface area contributed by atoms with E-state index in [1.54, 1.807) is 32.4 Å². The molecule has 0 saturated heterocycles. The van der Waals surface area contributed by atoms with Crippen molar-refractivity contribution in [2.75, 3.05) is 20.2 Å². The second-order valence-corrected chi connectivity index (χ2v) is 9.01. The zero-order valence-electron chi connectivity index (χ0n) is 20.1. The number of aromatic nitrogens is 2. The number of fused-ring (bicyclic) bond motifs is 1. The summed E-state index contributed by atoms with van der Waals surface area (Å²) in [6.07, 6.45) is -0.337. The first-order valence-corrected chi connectivity index (χ1v) is 12.2. The Morgan fingerprint density at radius 1 is 1.28 bits per heavy atom. The molecule has 8 nitrogen and oxygen atoms in total. The smallest absolute Gasteiger partial charge is 0.416 e. The van der Waals surface area contributed by atoms with Gasteiger partial charge in [-0.15, -0.1) is 0 Å². The van der Waals surface area contributed by atoms with Gasteiger partial charge in [-0.1, -0.05) is 24.7 Å². The lowest BCUT2D eigenvalue weighted by Gasteiger charge is -2.16. The minimum Gasteiger partial charge on any atom is -0.489 e. The number of nitrogens with zero attached hydrogens (tertiary/aromatic N) is 3. The van der Waals surface area contributed by atoms with E-state index in [9.17, 15) is 22.8 Å². The van der Waals surface area contributed by atoms with Crippen molar-refractivity contribution in [2.45, 2.75) is 45.5 Å². The summed E-state index contributed by atoms with van der Waals surface area (Å²) in [5.74, 6) is -1.47. The molecule has 0 radical (unpaired) electrons. The Morgan fingerprint density at radius 2 is 2.06 bits per heavy atom. The third-order valence-electron chi connectivity index (χ3n) is 5.08. The van der Waals surface area contributed by atoms with Crippen LogP contribution in [0.25, 0.3) is 10.2 Å². The van der Waals surface area contributed by atoms with Gasteiger partial charge in [0.1, 0.15) is 18.5 Å². The molecule has 0 aliphatic carbocycles. The number of likely N-dealkylation sites (N-methyl/N-ethyl adjacent to an activating group) is 1. The van der Waals surface area contributed by atoms with Gasteiger partial charge >= 0.3 is 12.1 Å². The Bertz CT molecular complexity index is 1290. The highest BCUT2D eigenvalue weighted by Gasteiger charge is 2.32. The normalized spacial score (nSPS) is 13.1. The molecule has 1 N–H and O–H groups in total. The summed E-state index contributed by atoms with van der Waals surface area (Å²) in [7, 11) is 1.59. The van der Waals surface area contributed by atoms with E-state index < -0.39 is 29.7 Å². The Labute approximate surface area is 209 Å². The van der Waals surface area contributed by atoms with Gasteiger partial charge in [0, 0.05) is 12.7 Å². The zero-order chi connectivity index (χ0) is 26.3. The average Bonchev–Trinajstić information content (AvgIpc) is 3.17. The van der Waals surface area contributed by atoms with Crippen LogP contribution in [0.1, 0.15) is 42.6 Å². The van der Waals surface area contributed by atoms with E-state index in [4.69, 9.17) is 9.47 Å². The minimum atomic E-state index is -4.66. The van der Waals surface area contributed by atoms with Crippen LogP contribution in [0.3, 0.4) is 0 Å². The fourth-order valence-corrected chi connectivity index (χ4v) is 4.35. The second kappa shape index (κ2) is 12.1. The molecule has 0 bridgehead atoms. The number of halogens is 3. The highest BCUT2D eigenvalue weighted by Crippen LogP contribution is 2.33. The Morgan fingerprint density at radius 3 is 2.75 bits per heavy atom. The van der Waals surface area contributed by atoms with Crippen molar-refractivity contribution >= 4 is 33.4 Å². The number of esters is 1. The van der Waals surface area contributed by atoms with Crippen LogP contribution in [0.15, 0.2) is 41.7 Å². The van der Waals surface area contributed by atoms with E-state index in [-0.39, 0.29) is 24.5 Å². The molecule has 0 spiro atoms. The Balaban J connectivity index is 1.98. The number of hydrogen-bond donors (Lipinski definition) is 1. The number of aryl methyl sites for hydroxylation is 1. The van der Waals surface area contributed by atoms with Crippen molar-refractivity contribution in [1.29, 1.82) is 0 Å². The summed E-state index contributed by atoms with van der Waals surface area (Å²) in [4.78, 5) is 33.5. The van der Waals surface area contributed by atoms with Crippen LogP contribution in [0, 0.1) is 0 Å². The van der Waals surface area contributed by atoms with Crippen LogP contribution in [-0.4, -0.2) is 47.7 Å². The third kappa shape index (κ3) is 6.91. The summed E-state index contributed by atoms with van der Waals surface area (Å²) in [5.41, 5.74) is -0.544. The lowest BCUT2D eigenvalue weighted by Crippen LogP contribution is -2.28. The van der Waals surface area contributed by atoms with Crippen LogP contribution in [0.2, 0.25) is 0 Å². The van der Waals surface area contributed by atoms with Gasteiger partial charge in [-0.2, -0.15) is 18.2 Å². The SMILES string of the molecule is CCCCn1/c(=N/C(=O)c2cc(C(F)(F)F)ccc2OC[C@H](C)OC(=O)CNC)sc2ccncc21. The molecule has 0 saturated carbocycles. The van der Waals surface area contributed by atoms with Crippen molar-refractivity contribution in [1.82, 2.24) is 14.9 Å². The number of unbranched alkanes of at least 4 members (excludes halogenated alkanes) is 1. The maximum atomic E-state index is 13.4. The molecule has 2 heterocycles. The standard InChI is InChI=1S/C24H27F3N4O4S/c1-4-5-10-31-18-12-29-9-8-20(18)36-23(31)30-22(33)17-11-16(24(25,26)27)6-7-19(17)34-14-15(2)35-21(32)13-28-3/h6-9,11-12,15,28H,4-5,10,13-14H2,1-3H3/b30-23-/t15-/m0/s1. The van der Waals surface area contributed by atoms with Crippen LogP contribution in [0.4, 0.5) is 13.2 Å². The molecular formula is C24H27F3N4O4S. The molecule has 12 heteroatoms. The fraction of sp³-hybridized carbons (Fsp3) is 0.417. The van der Waals surface area contributed by atoms with Crippen molar-refractivity contribution in [3.8, 4) is 5.75 Å². The number of rotatable bonds is 10. The molecule has 3 aromatic rings. The number of carbonyl (C=O) groups is 2. The summed E-state index contributed by atoms with van der Waals surface area (Å²) in [5, 5.41) is 2.66. The van der Waals surface area contributed by atoms with E-state index in [0.717, 1.165) is 41.3 Å². The highest BCUT2D eigenvalue weighted by molar-refractivity contribution is 7.16. The van der Waals surface area contributed by atoms with Gasteiger partial charge in [-0.25, -0.2) is 0 Å². The van der Waals surface area contributed by atoms with Crippen molar-refractivity contribution in [3.63, 3.8) is 0 Å². The number of benzene rings is 1. The summed E-state index contributed by atoms with van der Waals surface area (Å²) in [6, 6.07) is 4.43. The molecule has 1 aromatic carbocycles. The molecule has 194 valence electrons. The molecule has 1 atom stereocenters. The maximum absolute atomic E-state index is 13.4. The highest BCUT2D eigenvalue weighted by atomic mass is 32.1. The molecule has 3 rings (SSSR count). The van der Waals surface area contributed by atoms with E-state index in [2.05, 4.69) is 15.3 Å². The maximum Gasteiger partial charge on any atom is 0.416 e. The van der Waals surface area contributed by atoms with Crippen molar-refractivity contribution in [2.24, 2.45) is 4.99 Å². The van der Waals surface area contributed by atoms with E-state index in [1.165, 1.54) is 11.3 Å². The molecule has 0 fully saturated rings. The zero-order valence-corrected chi connectivity index (χ0v) is 20.9. The van der Waals surface area contributed by atoms with Crippen LogP contribution in [0.5, 0.6) is 5.75 Å². The summed E-state index contributed by atoms with van der Waals surface area (Å²) in [6.45, 7) is 4.02. The first kappa shape index (κ1) is 27.3. The molecule has 0 unspecified atom stereocenters. The topological polar surface area (TPSA) is 94.8 Å². The van der Waals surface area contributed by atoms with E-state index in [0.29, 0.717) is 11.3 Å². The van der Waals surface area contributed by atoms with Crippen molar-refractivity contribution in [3.05, 3.63) is 52.6 Å². The van der Waals surface area contributed by atoms with Gasteiger partial charge in [0.05, 0.1) is 34.1 Å². The van der Waals surface area contributed by atoms with E-state index in [1.807, 2.05) is 11.5 Å². The second-order valence-electron chi connectivity index (χ2n) is 8.00. The number of nitrogens with one attached hydrogen (secondary N) is 1. The molecular weight excluding hydrogens is 497 g/mol. The number of amides is 1. The quantitative estimate of drug-likeness (QED) is 0.400. The predicted molar refractivity (Wildman–Crippen MR) is 129 cm³/mol. The number of hydrogen-bond acceptors (Lipinski definition) is 7. The first-order valence-electron chi connectivity index (χ1n) is 11.3. The van der Waals surface area contributed by atoms with E-state index >= 15 is 0 Å². The van der Waals surface area contributed by atoms with Gasteiger partial charge < -0.3 is 19.4 Å². The largest absolute Gasteiger partial charge is 0.489 e. The van der Waals surface area contributed by atoms with Gasteiger partial charge in [0.15, 0.2) is 4.80 Å². The fourth-order valence-electron chi connectivity index (χ4n) is 3.33. The van der Waals surface area contributed by atoms with Crippen LogP contribution < -0.4 is 14.9 Å². The lowest BCUT2D eigenvalue weighted by atomic mass is 10.1. The number of pyridine rings is 1. The Hall–Kier alpha value is -3.25. The average molecular weight is 525 g/mol. The predicted octanol–water partition coefficient (Wildman–Crippen LogP) is 4.19. The number of ether oxygens (including phenoxy) is 2. The third-order valence-corrected chi connectivity index (χ3v) is 6.14.